The molecule has 9 heteroatoms. The lowest BCUT2D eigenvalue weighted by atomic mass is 10.1. The van der Waals surface area contributed by atoms with Crippen LogP contribution in [0, 0.1) is 5.82 Å². The first kappa shape index (κ1) is 21.0. The summed E-state index contributed by atoms with van der Waals surface area (Å²) in [5, 5.41) is 10.9. The number of benzene rings is 2. The zero-order valence-corrected chi connectivity index (χ0v) is 17.8. The number of rotatable bonds is 6. The molecule has 0 aliphatic carbocycles. The van der Waals surface area contributed by atoms with Crippen molar-refractivity contribution < 1.29 is 14.0 Å². The first-order valence-electron chi connectivity index (χ1n) is 9.96. The second kappa shape index (κ2) is 9.30. The molecule has 1 aliphatic heterocycles. The molecule has 1 N–H and O–H groups in total. The summed E-state index contributed by atoms with van der Waals surface area (Å²) in [6.07, 6.45) is 0.672. The Hall–Kier alpha value is -3.20. The van der Waals surface area contributed by atoms with Gasteiger partial charge in [0.25, 0.3) is 0 Å². The van der Waals surface area contributed by atoms with E-state index in [0.29, 0.717) is 25.2 Å². The topological polar surface area (TPSA) is 80.1 Å². The van der Waals surface area contributed by atoms with Gasteiger partial charge in [-0.2, -0.15) is 0 Å². The molecule has 0 spiro atoms. The molecule has 0 saturated heterocycles. The average Bonchev–Trinajstić information content (AvgIpc) is 3.22. The summed E-state index contributed by atoms with van der Waals surface area (Å²) in [4.78, 5) is 26.8. The summed E-state index contributed by atoms with van der Waals surface area (Å²) < 4.78 is 14.8. The van der Waals surface area contributed by atoms with Crippen LogP contribution in [0.15, 0.2) is 54.6 Å². The summed E-state index contributed by atoms with van der Waals surface area (Å²) in [5.74, 6) is -0.490. The zero-order valence-electron chi connectivity index (χ0n) is 17.0. The molecule has 4 rings (SSSR count). The molecule has 2 amide bonds. The van der Waals surface area contributed by atoms with E-state index in [1.807, 2.05) is 35.0 Å². The average molecular weight is 440 g/mol. The number of anilines is 1. The number of carbonyl (C=O) groups excluding carboxylic acids is 2. The third-order valence-electron chi connectivity index (χ3n) is 5.06. The highest BCUT2D eigenvalue weighted by atomic mass is 32.2. The molecule has 2 heterocycles. The molecule has 1 aromatic heterocycles. The van der Waals surface area contributed by atoms with E-state index in [1.54, 1.807) is 11.8 Å². The summed E-state index contributed by atoms with van der Waals surface area (Å²) in [6.45, 7) is 2.79. The van der Waals surface area contributed by atoms with Crippen molar-refractivity contribution in [3.63, 3.8) is 0 Å². The predicted molar refractivity (Wildman–Crippen MR) is 117 cm³/mol. The lowest BCUT2D eigenvalue weighted by molar-refractivity contribution is -0.131. The summed E-state index contributed by atoms with van der Waals surface area (Å²) in [7, 11) is 0. The molecule has 1 atom stereocenters. The number of halogens is 1. The Kier molecular flexibility index (Phi) is 6.31. The largest absolute Gasteiger partial charge is 0.335 e. The van der Waals surface area contributed by atoms with Crippen LogP contribution in [0.2, 0.25) is 0 Å². The van der Waals surface area contributed by atoms with Crippen molar-refractivity contribution in [1.29, 1.82) is 0 Å². The van der Waals surface area contributed by atoms with Crippen LogP contribution in [-0.4, -0.2) is 49.3 Å². The maximum Gasteiger partial charge on any atom is 0.235 e. The monoisotopic (exact) mass is 439 g/mol. The van der Waals surface area contributed by atoms with Gasteiger partial charge in [-0.15, -0.1) is 16.9 Å². The van der Waals surface area contributed by atoms with Crippen LogP contribution in [0.25, 0.3) is 5.69 Å². The van der Waals surface area contributed by atoms with E-state index < -0.39 is 0 Å². The van der Waals surface area contributed by atoms with Crippen LogP contribution in [0.3, 0.4) is 0 Å². The highest BCUT2D eigenvalue weighted by Crippen LogP contribution is 2.23. The van der Waals surface area contributed by atoms with Crippen LogP contribution < -0.4 is 5.32 Å². The number of hydrogen-bond acceptors (Lipinski definition) is 5. The Labute approximate surface area is 183 Å². The van der Waals surface area contributed by atoms with Crippen molar-refractivity contribution in [2.75, 3.05) is 17.6 Å². The van der Waals surface area contributed by atoms with Crippen LogP contribution >= 0.6 is 11.8 Å². The van der Waals surface area contributed by atoms with Gasteiger partial charge in [-0.1, -0.05) is 23.4 Å². The maximum absolute atomic E-state index is 13.0. The van der Waals surface area contributed by atoms with Gasteiger partial charge in [0.1, 0.15) is 11.5 Å². The van der Waals surface area contributed by atoms with E-state index >= 15 is 0 Å². The van der Waals surface area contributed by atoms with Gasteiger partial charge in [0, 0.05) is 18.7 Å². The molecule has 1 aliphatic rings. The van der Waals surface area contributed by atoms with E-state index in [9.17, 15) is 14.0 Å². The van der Waals surface area contributed by atoms with Gasteiger partial charge < -0.3 is 10.2 Å². The molecule has 0 saturated carbocycles. The normalized spacial score (nSPS) is 14.1. The first-order chi connectivity index (χ1) is 15.0. The lowest BCUT2D eigenvalue weighted by Gasteiger charge is -2.28. The number of fused-ring (bicyclic) bond motifs is 1. The molecule has 31 heavy (non-hydrogen) atoms. The number of nitrogens with one attached hydrogen (secondary N) is 1. The van der Waals surface area contributed by atoms with Crippen molar-refractivity contribution in [3.05, 3.63) is 71.8 Å². The summed E-state index contributed by atoms with van der Waals surface area (Å²) in [5.41, 5.74) is 3.30. The number of thioether (sulfide) groups is 1. The van der Waals surface area contributed by atoms with Crippen molar-refractivity contribution >= 4 is 29.3 Å². The van der Waals surface area contributed by atoms with Crippen LogP contribution in [0.1, 0.15) is 18.3 Å². The van der Waals surface area contributed by atoms with Crippen molar-refractivity contribution in [2.24, 2.45) is 0 Å². The Morgan fingerprint density at radius 3 is 2.65 bits per heavy atom. The minimum Gasteiger partial charge on any atom is -0.335 e. The van der Waals surface area contributed by atoms with Gasteiger partial charge in [0.05, 0.1) is 28.9 Å². The Morgan fingerprint density at radius 2 is 1.90 bits per heavy atom. The van der Waals surface area contributed by atoms with Gasteiger partial charge in [0.15, 0.2) is 0 Å². The minimum atomic E-state index is -0.371. The molecule has 1 unspecified atom stereocenters. The fourth-order valence-electron chi connectivity index (χ4n) is 3.43. The highest BCUT2D eigenvalue weighted by Gasteiger charge is 2.28. The number of para-hydroxylation sites is 1. The summed E-state index contributed by atoms with van der Waals surface area (Å²) >= 11 is 1.27. The third kappa shape index (κ3) is 4.93. The standard InChI is InChI=1S/C22H22FN5O2S/c1-15(31-14-21(29)24-17-9-7-16(23)8-10-17)22(30)27-12-11-20-19(13-27)25-26-28(20)18-5-3-2-4-6-18/h2-10,15H,11-14H2,1H3,(H,24,29). The van der Waals surface area contributed by atoms with E-state index in [-0.39, 0.29) is 28.6 Å². The zero-order chi connectivity index (χ0) is 21.8. The van der Waals surface area contributed by atoms with Gasteiger partial charge in [-0.25, -0.2) is 9.07 Å². The Bertz CT molecular complexity index is 1070. The van der Waals surface area contributed by atoms with E-state index in [2.05, 4.69) is 15.6 Å². The van der Waals surface area contributed by atoms with Crippen LogP contribution in [0.4, 0.5) is 10.1 Å². The van der Waals surface area contributed by atoms with E-state index in [0.717, 1.165) is 17.1 Å². The SMILES string of the molecule is CC(SCC(=O)Nc1ccc(F)cc1)C(=O)N1CCc2c(nnn2-c2ccccc2)C1. The fourth-order valence-corrected chi connectivity index (χ4v) is 4.20. The molecule has 2 aromatic carbocycles. The minimum absolute atomic E-state index is 0.0282. The second-order valence-electron chi connectivity index (χ2n) is 7.25. The van der Waals surface area contributed by atoms with E-state index in [4.69, 9.17) is 0 Å². The number of hydrogen-bond donors (Lipinski definition) is 1. The molecule has 3 aromatic rings. The van der Waals surface area contributed by atoms with Crippen LogP contribution in [0.5, 0.6) is 0 Å². The molecule has 0 fully saturated rings. The molecule has 0 bridgehead atoms. The van der Waals surface area contributed by atoms with Crippen molar-refractivity contribution in [1.82, 2.24) is 19.9 Å². The van der Waals surface area contributed by atoms with Gasteiger partial charge in [-0.05, 0) is 43.3 Å². The highest BCUT2D eigenvalue weighted by molar-refractivity contribution is 8.01. The number of aromatic nitrogens is 3. The fraction of sp³-hybridized carbons (Fsp3) is 0.273. The Balaban J connectivity index is 1.31. The first-order valence-corrected chi connectivity index (χ1v) is 11.0. The maximum atomic E-state index is 13.0. The molecule has 160 valence electrons. The van der Waals surface area contributed by atoms with E-state index in [1.165, 1.54) is 36.0 Å². The Morgan fingerprint density at radius 1 is 1.16 bits per heavy atom. The molecular weight excluding hydrogens is 417 g/mol. The van der Waals surface area contributed by atoms with Crippen molar-refractivity contribution in [2.45, 2.75) is 25.1 Å². The lowest BCUT2D eigenvalue weighted by Crippen LogP contribution is -2.40. The van der Waals surface area contributed by atoms with Gasteiger partial charge in [0.2, 0.25) is 11.8 Å². The predicted octanol–water partition coefficient (Wildman–Crippen LogP) is 3.05. The number of amides is 2. The number of carbonyl (C=O) groups is 2. The third-order valence-corrected chi connectivity index (χ3v) is 6.19. The molecule has 7 nitrogen and oxygen atoms in total. The smallest absolute Gasteiger partial charge is 0.235 e. The van der Waals surface area contributed by atoms with Crippen molar-refractivity contribution in [3.8, 4) is 5.69 Å². The molecule has 0 radical (unpaired) electrons. The number of nitrogens with zero attached hydrogens (tertiary/aromatic N) is 4. The molecular formula is C22H22FN5O2S. The summed E-state index contributed by atoms with van der Waals surface area (Å²) in [6, 6.07) is 15.4. The second-order valence-corrected chi connectivity index (χ2v) is 8.58. The van der Waals surface area contributed by atoms with Gasteiger partial charge in [-0.3, -0.25) is 9.59 Å². The van der Waals surface area contributed by atoms with Gasteiger partial charge >= 0.3 is 0 Å². The quantitative estimate of drug-likeness (QED) is 0.639. The van der Waals surface area contributed by atoms with Crippen LogP contribution in [-0.2, 0) is 22.6 Å².